The summed E-state index contributed by atoms with van der Waals surface area (Å²) in [5.74, 6) is 1.04. The van der Waals surface area contributed by atoms with Gasteiger partial charge < -0.3 is 6.92 Å². The molecule has 1 aliphatic rings. The van der Waals surface area contributed by atoms with Gasteiger partial charge in [0.25, 0.3) is 0 Å². The summed E-state index contributed by atoms with van der Waals surface area (Å²) in [6, 6.07) is 0. The number of rotatable bonds is 2. The summed E-state index contributed by atoms with van der Waals surface area (Å²) in [4.78, 5) is 0. The van der Waals surface area contributed by atoms with Crippen LogP contribution in [0.5, 0.6) is 0 Å². The first kappa shape index (κ1) is 11.9. The van der Waals surface area contributed by atoms with Crippen molar-refractivity contribution < 1.29 is 17.3 Å². The average Bonchev–Trinajstić information content (AvgIpc) is 2.11. The zero-order valence-electron chi connectivity index (χ0n) is 7.32. The Morgan fingerprint density at radius 3 is 2.18 bits per heavy atom. The molecular weight excluding hydrogens is 209 g/mol. The Morgan fingerprint density at radius 1 is 1.18 bits per heavy atom. The zero-order valence-corrected chi connectivity index (χ0v) is 11.0. The van der Waals surface area contributed by atoms with Crippen LogP contribution in [0.1, 0.15) is 44.9 Å². The van der Waals surface area contributed by atoms with E-state index in [2.05, 4.69) is 6.92 Å². The molecule has 0 aliphatic heterocycles. The molecule has 0 atom stereocenters. The van der Waals surface area contributed by atoms with Gasteiger partial charge in [-0.2, -0.15) is 6.42 Å². The number of hydrogen-bond acceptors (Lipinski definition) is 0. The topological polar surface area (TPSA) is 0 Å². The Morgan fingerprint density at radius 2 is 1.73 bits per heavy atom. The standard InChI is InChI=1S/C9H17.ClH.Zn/c1-2-6-9-7-4-3-5-8-9;;/h9H,1-8H2;1H;/q-1;;+2/p-1. The first-order chi connectivity index (χ1) is 5.43. The molecule has 1 saturated carbocycles. The number of halogens is 1. The van der Waals surface area contributed by atoms with Gasteiger partial charge in [-0.3, -0.25) is 0 Å². The summed E-state index contributed by atoms with van der Waals surface area (Å²) in [5, 5.41) is 0. The van der Waals surface area contributed by atoms with Crippen LogP contribution < -0.4 is 0 Å². The molecule has 0 N–H and O–H groups in total. The Labute approximate surface area is 84.8 Å². The fourth-order valence-electron chi connectivity index (χ4n) is 1.76. The summed E-state index contributed by atoms with van der Waals surface area (Å²) in [7, 11) is 4.76. The van der Waals surface area contributed by atoms with Crippen LogP contribution in [0.3, 0.4) is 0 Å². The van der Waals surface area contributed by atoms with Crippen molar-refractivity contribution in [1.29, 1.82) is 0 Å². The van der Waals surface area contributed by atoms with Crippen LogP contribution in [-0.2, 0) is 17.3 Å². The summed E-state index contributed by atoms with van der Waals surface area (Å²) in [5.41, 5.74) is 0. The maximum absolute atomic E-state index is 4.76. The van der Waals surface area contributed by atoms with E-state index in [-0.39, 0.29) is 0 Å². The van der Waals surface area contributed by atoms with Gasteiger partial charge in [0.15, 0.2) is 0 Å². The molecule has 0 heterocycles. The molecule has 62 valence electrons. The van der Waals surface area contributed by atoms with Gasteiger partial charge in [0, 0.05) is 0 Å². The Kier molecular flexibility index (Phi) is 9.75. The van der Waals surface area contributed by atoms with Gasteiger partial charge in [0.2, 0.25) is 0 Å². The molecule has 1 fully saturated rings. The predicted molar refractivity (Wildman–Crippen MR) is 47.0 cm³/mol. The van der Waals surface area contributed by atoms with Crippen LogP contribution >= 0.6 is 9.69 Å². The van der Waals surface area contributed by atoms with Crippen LogP contribution in [0.25, 0.3) is 0 Å². The zero-order chi connectivity index (χ0) is 8.53. The molecule has 0 aromatic heterocycles. The van der Waals surface area contributed by atoms with E-state index in [9.17, 15) is 0 Å². The van der Waals surface area contributed by atoms with Crippen molar-refractivity contribution in [3.63, 3.8) is 0 Å². The van der Waals surface area contributed by atoms with Crippen LogP contribution in [0.15, 0.2) is 0 Å². The molecule has 2 heteroatoms. The quantitative estimate of drug-likeness (QED) is 0.495. The normalized spacial score (nSPS) is 18.9. The monoisotopic (exact) mass is 224 g/mol. The summed E-state index contributed by atoms with van der Waals surface area (Å²) in [6.07, 6.45) is 9.92. The first-order valence-electron chi connectivity index (χ1n) is 4.49. The van der Waals surface area contributed by atoms with Crippen molar-refractivity contribution in [2.45, 2.75) is 44.9 Å². The Balaban J connectivity index is 0.000000461. The Hall–Kier alpha value is 0.913. The molecule has 0 nitrogen and oxygen atoms in total. The summed E-state index contributed by atoms with van der Waals surface area (Å²) < 4.78 is 0. The second-order valence-corrected chi connectivity index (χ2v) is 3.15. The van der Waals surface area contributed by atoms with Gasteiger partial charge in [-0.25, -0.2) is 0 Å². The second-order valence-electron chi connectivity index (χ2n) is 3.15. The molecule has 1 rings (SSSR count). The fourth-order valence-corrected chi connectivity index (χ4v) is 1.76. The third-order valence-electron chi connectivity index (χ3n) is 2.34. The van der Waals surface area contributed by atoms with Crippen molar-refractivity contribution in [2.24, 2.45) is 5.92 Å². The van der Waals surface area contributed by atoms with Crippen LogP contribution in [0.4, 0.5) is 0 Å². The molecule has 0 aromatic rings. The molecular formula is C9H17ClZn. The van der Waals surface area contributed by atoms with Gasteiger partial charge in [0.1, 0.15) is 0 Å². The van der Waals surface area contributed by atoms with Gasteiger partial charge >= 0.3 is 27.0 Å². The van der Waals surface area contributed by atoms with Crippen molar-refractivity contribution in [3.05, 3.63) is 6.92 Å². The van der Waals surface area contributed by atoms with Crippen LogP contribution in [0, 0.1) is 12.8 Å². The SMILES string of the molecule is [CH2-]CCC1CCCCC1.[Cl][Zn+]. The first-order valence-corrected chi connectivity index (χ1v) is 8.39. The molecule has 1 aliphatic carbocycles. The van der Waals surface area contributed by atoms with E-state index in [1.54, 1.807) is 0 Å². The van der Waals surface area contributed by atoms with E-state index in [1.807, 2.05) is 0 Å². The molecule has 0 radical (unpaired) electrons. The third-order valence-corrected chi connectivity index (χ3v) is 2.34. The molecule has 0 amide bonds. The van der Waals surface area contributed by atoms with E-state index < -0.39 is 0 Å². The van der Waals surface area contributed by atoms with Crippen molar-refractivity contribution in [1.82, 2.24) is 0 Å². The summed E-state index contributed by atoms with van der Waals surface area (Å²) in [6.45, 7) is 3.88. The Bertz CT molecular complexity index is 67.2. The maximum atomic E-state index is 4.76. The minimum absolute atomic E-state index is 0.847. The number of hydrogen-bond donors (Lipinski definition) is 0. The molecule has 11 heavy (non-hydrogen) atoms. The molecule has 0 spiro atoms. The summed E-state index contributed by atoms with van der Waals surface area (Å²) >= 11 is 0.847. The van der Waals surface area contributed by atoms with Crippen molar-refractivity contribution in [2.75, 3.05) is 0 Å². The van der Waals surface area contributed by atoms with Crippen LogP contribution in [-0.4, -0.2) is 0 Å². The fraction of sp³-hybridized carbons (Fsp3) is 0.889. The van der Waals surface area contributed by atoms with Crippen molar-refractivity contribution in [3.8, 4) is 0 Å². The van der Waals surface area contributed by atoms with Gasteiger partial charge in [-0.05, 0) is 5.92 Å². The van der Waals surface area contributed by atoms with Gasteiger partial charge in [-0.15, -0.1) is 0 Å². The molecule has 0 bridgehead atoms. The van der Waals surface area contributed by atoms with Gasteiger partial charge in [0.05, 0.1) is 0 Å². The third kappa shape index (κ3) is 6.11. The van der Waals surface area contributed by atoms with E-state index in [0.29, 0.717) is 0 Å². The van der Waals surface area contributed by atoms with E-state index >= 15 is 0 Å². The van der Waals surface area contributed by atoms with Gasteiger partial charge in [-0.1, -0.05) is 38.5 Å². The average molecular weight is 226 g/mol. The second kappa shape index (κ2) is 9.01. The molecule has 0 aromatic carbocycles. The van der Waals surface area contributed by atoms with E-state index in [0.717, 1.165) is 29.7 Å². The minimum atomic E-state index is 0.847. The predicted octanol–water partition coefficient (Wildman–Crippen LogP) is 3.87. The van der Waals surface area contributed by atoms with Crippen molar-refractivity contribution >= 4 is 9.69 Å². The molecule has 0 unspecified atom stereocenters. The van der Waals surface area contributed by atoms with E-state index in [4.69, 9.17) is 9.69 Å². The van der Waals surface area contributed by atoms with Crippen LogP contribution in [0.2, 0.25) is 0 Å². The van der Waals surface area contributed by atoms with E-state index in [1.165, 1.54) is 38.5 Å². The molecule has 0 saturated heterocycles.